The molecule has 0 radical (unpaired) electrons. The number of ether oxygens (including phenoxy) is 1. The fourth-order valence-corrected chi connectivity index (χ4v) is 3.33. The lowest BCUT2D eigenvalue weighted by Gasteiger charge is -2.27. The number of nitrogens with zero attached hydrogens (tertiary/aromatic N) is 3. The number of methoxy groups -OCH3 is 1. The fourth-order valence-electron chi connectivity index (χ4n) is 3.33. The molecule has 6 heteroatoms. The Hall–Kier alpha value is -3.15. The number of hydrogen-bond acceptors (Lipinski definition) is 6. The molecule has 0 spiro atoms. The maximum absolute atomic E-state index is 5.27. The highest BCUT2D eigenvalue weighted by Gasteiger charge is 2.30. The SMILES string of the molecule is COc1ccnc(-c2ccnc(Nc3ccc4c(c3)CC(C(C)(C)C)N4)n2)c1. The van der Waals surface area contributed by atoms with E-state index in [1.165, 1.54) is 11.3 Å². The molecule has 4 rings (SSSR count). The van der Waals surface area contributed by atoms with Crippen LogP contribution < -0.4 is 15.4 Å². The first-order valence-corrected chi connectivity index (χ1v) is 9.42. The van der Waals surface area contributed by atoms with Gasteiger partial charge in [0.05, 0.1) is 18.5 Å². The minimum atomic E-state index is 0.216. The Kier molecular flexibility index (Phi) is 4.63. The first kappa shape index (κ1) is 18.2. The van der Waals surface area contributed by atoms with Gasteiger partial charge in [-0.25, -0.2) is 9.97 Å². The molecule has 0 amide bonds. The van der Waals surface area contributed by atoms with E-state index in [-0.39, 0.29) is 5.41 Å². The smallest absolute Gasteiger partial charge is 0.227 e. The van der Waals surface area contributed by atoms with Crippen LogP contribution >= 0.6 is 0 Å². The lowest BCUT2D eigenvalue weighted by molar-refractivity contribution is 0.347. The molecule has 1 unspecified atom stereocenters. The lowest BCUT2D eigenvalue weighted by Crippen LogP contribution is -2.31. The van der Waals surface area contributed by atoms with Crippen LogP contribution in [0.3, 0.4) is 0 Å². The minimum absolute atomic E-state index is 0.216. The number of aromatic nitrogens is 3. The van der Waals surface area contributed by atoms with Crippen LogP contribution in [0.4, 0.5) is 17.3 Å². The van der Waals surface area contributed by atoms with Crippen molar-refractivity contribution in [2.75, 3.05) is 17.7 Å². The molecule has 0 saturated heterocycles. The van der Waals surface area contributed by atoms with Crippen LogP contribution in [0.1, 0.15) is 26.3 Å². The van der Waals surface area contributed by atoms with Crippen LogP contribution in [-0.4, -0.2) is 28.1 Å². The summed E-state index contributed by atoms with van der Waals surface area (Å²) in [6.45, 7) is 6.80. The lowest BCUT2D eigenvalue weighted by atomic mass is 9.85. The minimum Gasteiger partial charge on any atom is -0.497 e. The number of pyridine rings is 1. The molecule has 0 aliphatic carbocycles. The topological polar surface area (TPSA) is 72.0 Å². The van der Waals surface area contributed by atoms with Crippen LogP contribution in [0, 0.1) is 5.41 Å². The summed E-state index contributed by atoms with van der Waals surface area (Å²) in [4.78, 5) is 13.3. The fraction of sp³-hybridized carbons (Fsp3) is 0.318. The van der Waals surface area contributed by atoms with Crippen molar-refractivity contribution in [3.05, 3.63) is 54.4 Å². The van der Waals surface area contributed by atoms with Crippen molar-refractivity contribution in [2.45, 2.75) is 33.2 Å². The van der Waals surface area contributed by atoms with Gasteiger partial charge in [-0.15, -0.1) is 0 Å². The van der Waals surface area contributed by atoms with Crippen LogP contribution in [0.25, 0.3) is 11.4 Å². The Balaban J connectivity index is 1.55. The summed E-state index contributed by atoms with van der Waals surface area (Å²) >= 11 is 0. The molecule has 6 nitrogen and oxygen atoms in total. The van der Waals surface area contributed by atoms with Gasteiger partial charge in [-0.1, -0.05) is 20.8 Å². The predicted octanol–water partition coefficient (Wildman–Crippen LogP) is 4.67. The van der Waals surface area contributed by atoms with Gasteiger partial charge in [0.1, 0.15) is 5.75 Å². The van der Waals surface area contributed by atoms with Crippen molar-refractivity contribution in [3.8, 4) is 17.1 Å². The number of rotatable bonds is 4. The second-order valence-corrected chi connectivity index (χ2v) is 8.11. The number of fused-ring (bicyclic) bond motifs is 1. The van der Waals surface area contributed by atoms with Gasteiger partial charge in [0.2, 0.25) is 5.95 Å². The third-order valence-corrected chi connectivity index (χ3v) is 5.05. The summed E-state index contributed by atoms with van der Waals surface area (Å²) in [6, 6.07) is 12.3. The molecule has 2 aromatic heterocycles. The second kappa shape index (κ2) is 7.11. The van der Waals surface area contributed by atoms with E-state index in [9.17, 15) is 0 Å². The molecule has 1 atom stereocenters. The van der Waals surface area contributed by atoms with Crippen molar-refractivity contribution in [1.82, 2.24) is 15.0 Å². The molecule has 1 aliphatic rings. The summed E-state index contributed by atoms with van der Waals surface area (Å²) in [5, 5.41) is 6.94. The Morgan fingerprint density at radius 2 is 1.86 bits per heavy atom. The zero-order chi connectivity index (χ0) is 19.7. The van der Waals surface area contributed by atoms with E-state index < -0.39 is 0 Å². The maximum atomic E-state index is 5.27. The first-order chi connectivity index (χ1) is 13.4. The highest BCUT2D eigenvalue weighted by atomic mass is 16.5. The number of benzene rings is 1. The molecule has 1 aliphatic heterocycles. The molecule has 0 saturated carbocycles. The monoisotopic (exact) mass is 375 g/mol. The Bertz CT molecular complexity index is 996. The van der Waals surface area contributed by atoms with Gasteiger partial charge in [0, 0.05) is 35.9 Å². The molecule has 0 fully saturated rings. The highest BCUT2D eigenvalue weighted by Crippen LogP contribution is 2.36. The highest BCUT2D eigenvalue weighted by molar-refractivity contribution is 5.66. The van der Waals surface area contributed by atoms with Crippen molar-refractivity contribution in [2.24, 2.45) is 5.41 Å². The van der Waals surface area contributed by atoms with Crippen molar-refractivity contribution in [1.29, 1.82) is 0 Å². The van der Waals surface area contributed by atoms with Gasteiger partial charge in [-0.05, 0) is 47.7 Å². The van der Waals surface area contributed by atoms with Gasteiger partial charge in [0.25, 0.3) is 0 Å². The average molecular weight is 375 g/mol. The molecule has 0 bridgehead atoms. The summed E-state index contributed by atoms with van der Waals surface area (Å²) < 4.78 is 5.27. The summed E-state index contributed by atoms with van der Waals surface area (Å²) in [5.74, 6) is 1.29. The van der Waals surface area contributed by atoms with E-state index in [4.69, 9.17) is 4.74 Å². The van der Waals surface area contributed by atoms with Crippen LogP contribution in [0.2, 0.25) is 0 Å². The van der Waals surface area contributed by atoms with Crippen molar-refractivity contribution in [3.63, 3.8) is 0 Å². The summed E-state index contributed by atoms with van der Waals surface area (Å²) in [6.07, 6.45) is 4.46. The average Bonchev–Trinajstić information content (AvgIpc) is 3.12. The number of hydrogen-bond donors (Lipinski definition) is 2. The molecule has 3 aromatic rings. The van der Waals surface area contributed by atoms with E-state index in [0.29, 0.717) is 12.0 Å². The second-order valence-electron chi connectivity index (χ2n) is 8.11. The van der Waals surface area contributed by atoms with E-state index in [0.717, 1.165) is 29.2 Å². The molecule has 2 N–H and O–H groups in total. The Labute approximate surface area is 165 Å². The molecular weight excluding hydrogens is 350 g/mol. The van der Waals surface area contributed by atoms with Gasteiger partial charge >= 0.3 is 0 Å². The largest absolute Gasteiger partial charge is 0.497 e. The van der Waals surface area contributed by atoms with Crippen LogP contribution in [0.5, 0.6) is 5.75 Å². The zero-order valence-corrected chi connectivity index (χ0v) is 16.7. The quantitative estimate of drug-likeness (QED) is 0.690. The van der Waals surface area contributed by atoms with Gasteiger partial charge in [-0.3, -0.25) is 4.98 Å². The Morgan fingerprint density at radius 3 is 2.64 bits per heavy atom. The molecule has 3 heterocycles. The standard InChI is InChI=1S/C22H25N5O/c1-22(2,3)20-12-14-11-15(5-6-17(14)26-20)25-21-24-10-8-18(27-21)19-13-16(28-4)7-9-23-19/h5-11,13,20,26H,12H2,1-4H3,(H,24,25,27). The maximum Gasteiger partial charge on any atom is 0.227 e. The van der Waals surface area contributed by atoms with Gasteiger partial charge in [-0.2, -0.15) is 0 Å². The van der Waals surface area contributed by atoms with Crippen LogP contribution in [-0.2, 0) is 6.42 Å². The third-order valence-electron chi connectivity index (χ3n) is 5.05. The Morgan fingerprint density at radius 1 is 1.04 bits per heavy atom. The summed E-state index contributed by atoms with van der Waals surface area (Å²) in [7, 11) is 1.64. The predicted molar refractivity (Wildman–Crippen MR) is 112 cm³/mol. The normalized spacial score (nSPS) is 15.6. The molecule has 28 heavy (non-hydrogen) atoms. The van der Waals surface area contributed by atoms with Crippen molar-refractivity contribution < 1.29 is 4.74 Å². The van der Waals surface area contributed by atoms with E-state index >= 15 is 0 Å². The molecular formula is C22H25N5O. The summed E-state index contributed by atoms with van der Waals surface area (Å²) in [5.41, 5.74) is 5.21. The van der Waals surface area contributed by atoms with E-state index in [1.807, 2.05) is 18.2 Å². The third kappa shape index (κ3) is 3.76. The van der Waals surface area contributed by atoms with Crippen LogP contribution in [0.15, 0.2) is 48.8 Å². The van der Waals surface area contributed by atoms with E-state index in [1.54, 1.807) is 19.5 Å². The van der Waals surface area contributed by atoms with E-state index in [2.05, 4.69) is 64.6 Å². The zero-order valence-electron chi connectivity index (χ0n) is 16.7. The van der Waals surface area contributed by atoms with Gasteiger partial charge in [0.15, 0.2) is 0 Å². The van der Waals surface area contributed by atoms with Gasteiger partial charge < -0.3 is 15.4 Å². The number of anilines is 3. The number of nitrogens with one attached hydrogen (secondary N) is 2. The van der Waals surface area contributed by atoms with Crippen molar-refractivity contribution >= 4 is 17.3 Å². The first-order valence-electron chi connectivity index (χ1n) is 9.42. The molecule has 144 valence electrons. The molecule has 1 aromatic carbocycles.